The summed E-state index contributed by atoms with van der Waals surface area (Å²) in [6.45, 7) is 1.55. The first-order valence-electron chi connectivity index (χ1n) is 6.14. The van der Waals surface area contributed by atoms with Crippen LogP contribution in [0.1, 0.15) is 6.92 Å². The molecule has 0 aromatic heterocycles. The van der Waals surface area contributed by atoms with Crippen LogP contribution < -0.4 is 10.1 Å². The highest BCUT2D eigenvalue weighted by molar-refractivity contribution is 6.34. The molecule has 3 nitrogen and oxygen atoms in total. The minimum Gasteiger partial charge on any atom is -0.481 e. The van der Waals surface area contributed by atoms with Gasteiger partial charge in [0.05, 0.1) is 5.69 Å². The molecule has 1 atom stereocenters. The van der Waals surface area contributed by atoms with Crippen LogP contribution in [0.4, 0.5) is 10.1 Å². The van der Waals surface area contributed by atoms with Crippen LogP contribution in [0.25, 0.3) is 0 Å². The number of carbonyl (C=O) groups excluding carboxylic acids is 1. The number of ether oxygens (including phenoxy) is 1. The summed E-state index contributed by atoms with van der Waals surface area (Å²) in [5.41, 5.74) is 0.0991. The lowest BCUT2D eigenvalue weighted by Gasteiger charge is -2.15. The van der Waals surface area contributed by atoms with Gasteiger partial charge in [-0.1, -0.05) is 35.3 Å². The van der Waals surface area contributed by atoms with E-state index in [9.17, 15) is 9.18 Å². The summed E-state index contributed by atoms with van der Waals surface area (Å²) in [7, 11) is 0. The lowest BCUT2D eigenvalue weighted by Crippen LogP contribution is -2.30. The van der Waals surface area contributed by atoms with E-state index in [0.717, 1.165) is 0 Å². The fraction of sp³-hybridized carbons (Fsp3) is 0.133. The summed E-state index contributed by atoms with van der Waals surface area (Å²) < 4.78 is 18.9. The van der Waals surface area contributed by atoms with Gasteiger partial charge in [0.2, 0.25) is 0 Å². The quantitative estimate of drug-likeness (QED) is 0.895. The number of halogens is 3. The number of hydrogen-bond donors (Lipinski definition) is 1. The highest BCUT2D eigenvalue weighted by Gasteiger charge is 2.16. The Labute approximate surface area is 131 Å². The molecule has 0 unspecified atom stereocenters. The van der Waals surface area contributed by atoms with Crippen molar-refractivity contribution in [1.29, 1.82) is 0 Å². The predicted molar refractivity (Wildman–Crippen MR) is 81.6 cm³/mol. The van der Waals surface area contributed by atoms with E-state index in [2.05, 4.69) is 5.32 Å². The summed E-state index contributed by atoms with van der Waals surface area (Å²) in [6.07, 6.45) is -0.834. The molecule has 2 aromatic carbocycles. The number of nitrogens with one attached hydrogen (secondary N) is 1. The molecule has 110 valence electrons. The van der Waals surface area contributed by atoms with Gasteiger partial charge in [0.25, 0.3) is 5.91 Å². The molecule has 0 fully saturated rings. The third-order valence-electron chi connectivity index (χ3n) is 2.65. The van der Waals surface area contributed by atoms with Gasteiger partial charge < -0.3 is 10.1 Å². The van der Waals surface area contributed by atoms with Gasteiger partial charge in [-0.3, -0.25) is 4.79 Å². The normalized spacial score (nSPS) is 11.8. The van der Waals surface area contributed by atoms with Crippen LogP contribution in [-0.4, -0.2) is 12.0 Å². The predicted octanol–water partition coefficient (Wildman–Crippen LogP) is 4.54. The number of benzene rings is 2. The summed E-state index contributed by atoms with van der Waals surface area (Å²) in [4.78, 5) is 12.0. The fourth-order valence-electron chi connectivity index (χ4n) is 1.65. The van der Waals surface area contributed by atoms with Gasteiger partial charge in [0.15, 0.2) is 6.10 Å². The molecular weight excluding hydrogens is 316 g/mol. The van der Waals surface area contributed by atoms with Crippen molar-refractivity contribution in [3.63, 3.8) is 0 Å². The Morgan fingerprint density at radius 2 is 1.81 bits per heavy atom. The zero-order valence-corrected chi connectivity index (χ0v) is 12.6. The molecule has 0 aliphatic heterocycles. The molecule has 0 saturated carbocycles. The average Bonchev–Trinajstić information content (AvgIpc) is 2.40. The molecule has 2 rings (SSSR count). The molecule has 0 spiro atoms. The monoisotopic (exact) mass is 327 g/mol. The number of para-hydroxylation sites is 1. The highest BCUT2D eigenvalue weighted by Crippen LogP contribution is 2.25. The van der Waals surface area contributed by atoms with E-state index in [0.29, 0.717) is 15.8 Å². The summed E-state index contributed by atoms with van der Waals surface area (Å²) in [6, 6.07) is 10.5. The molecule has 0 radical (unpaired) electrons. The van der Waals surface area contributed by atoms with E-state index in [4.69, 9.17) is 27.9 Å². The second-order valence-corrected chi connectivity index (χ2v) is 5.21. The third kappa shape index (κ3) is 4.34. The second kappa shape index (κ2) is 6.78. The van der Waals surface area contributed by atoms with E-state index in [1.165, 1.54) is 12.1 Å². The van der Waals surface area contributed by atoms with Gasteiger partial charge in [0, 0.05) is 10.0 Å². The number of carbonyl (C=O) groups is 1. The van der Waals surface area contributed by atoms with Crippen LogP contribution in [0.5, 0.6) is 5.75 Å². The maximum Gasteiger partial charge on any atom is 0.265 e. The lowest BCUT2D eigenvalue weighted by atomic mass is 10.3. The van der Waals surface area contributed by atoms with Crippen LogP contribution in [-0.2, 0) is 4.79 Å². The zero-order chi connectivity index (χ0) is 15.4. The lowest BCUT2D eigenvalue weighted by molar-refractivity contribution is -0.122. The first kappa shape index (κ1) is 15.6. The Balaban J connectivity index is 2.04. The smallest absolute Gasteiger partial charge is 0.265 e. The van der Waals surface area contributed by atoms with Crippen LogP contribution in [0.2, 0.25) is 10.0 Å². The molecule has 0 saturated heterocycles. The highest BCUT2D eigenvalue weighted by atomic mass is 35.5. The van der Waals surface area contributed by atoms with Gasteiger partial charge in [0.1, 0.15) is 11.6 Å². The van der Waals surface area contributed by atoms with E-state index < -0.39 is 17.8 Å². The van der Waals surface area contributed by atoms with Crippen molar-refractivity contribution in [1.82, 2.24) is 0 Å². The molecule has 0 aliphatic carbocycles. The maximum atomic E-state index is 13.5. The topological polar surface area (TPSA) is 38.3 Å². The van der Waals surface area contributed by atoms with Crippen molar-refractivity contribution in [2.75, 3.05) is 5.32 Å². The van der Waals surface area contributed by atoms with Gasteiger partial charge >= 0.3 is 0 Å². The second-order valence-electron chi connectivity index (χ2n) is 4.33. The Morgan fingerprint density at radius 1 is 1.19 bits per heavy atom. The van der Waals surface area contributed by atoms with Crippen molar-refractivity contribution in [3.8, 4) is 5.75 Å². The van der Waals surface area contributed by atoms with Crippen LogP contribution in [0, 0.1) is 5.82 Å². The van der Waals surface area contributed by atoms with Crippen molar-refractivity contribution in [2.45, 2.75) is 13.0 Å². The molecule has 0 aliphatic rings. The Hall–Kier alpha value is -1.78. The van der Waals surface area contributed by atoms with Crippen molar-refractivity contribution in [3.05, 3.63) is 58.3 Å². The summed E-state index contributed by atoms with van der Waals surface area (Å²) >= 11 is 11.7. The summed E-state index contributed by atoms with van der Waals surface area (Å²) in [5, 5.41) is 3.26. The third-order valence-corrected chi connectivity index (χ3v) is 3.09. The van der Waals surface area contributed by atoms with Crippen LogP contribution >= 0.6 is 23.2 Å². The summed E-state index contributed by atoms with van der Waals surface area (Å²) in [5.74, 6) is -0.622. The molecule has 1 amide bonds. The van der Waals surface area contributed by atoms with Gasteiger partial charge in [-0.2, -0.15) is 0 Å². The molecule has 2 aromatic rings. The number of rotatable bonds is 4. The number of amides is 1. The molecule has 21 heavy (non-hydrogen) atoms. The Kier molecular flexibility index (Phi) is 5.04. The molecular formula is C15H12Cl2FNO2. The van der Waals surface area contributed by atoms with Crippen LogP contribution in [0.3, 0.4) is 0 Å². The van der Waals surface area contributed by atoms with E-state index in [-0.39, 0.29) is 5.69 Å². The van der Waals surface area contributed by atoms with Crippen LogP contribution in [0.15, 0.2) is 42.5 Å². The molecule has 0 bridgehead atoms. The first-order valence-corrected chi connectivity index (χ1v) is 6.89. The largest absolute Gasteiger partial charge is 0.481 e. The number of hydrogen-bond acceptors (Lipinski definition) is 2. The molecule has 0 heterocycles. The molecule has 6 heteroatoms. The van der Waals surface area contributed by atoms with Crippen molar-refractivity contribution >= 4 is 34.8 Å². The average molecular weight is 328 g/mol. The first-order chi connectivity index (χ1) is 9.95. The Morgan fingerprint density at radius 3 is 2.43 bits per heavy atom. The SMILES string of the molecule is C[C@@H](Oc1cc(Cl)cc(Cl)c1)C(=O)Nc1ccccc1F. The van der Waals surface area contributed by atoms with E-state index >= 15 is 0 Å². The fourth-order valence-corrected chi connectivity index (χ4v) is 2.16. The van der Waals surface area contributed by atoms with Gasteiger partial charge in [-0.25, -0.2) is 4.39 Å². The van der Waals surface area contributed by atoms with Crippen molar-refractivity contribution in [2.24, 2.45) is 0 Å². The Bertz CT molecular complexity index is 644. The van der Waals surface area contributed by atoms with E-state index in [1.54, 1.807) is 37.3 Å². The minimum absolute atomic E-state index is 0.0991. The maximum absolute atomic E-state index is 13.5. The minimum atomic E-state index is -0.834. The van der Waals surface area contributed by atoms with Gasteiger partial charge in [-0.05, 0) is 37.3 Å². The van der Waals surface area contributed by atoms with Crippen molar-refractivity contribution < 1.29 is 13.9 Å². The van der Waals surface area contributed by atoms with E-state index in [1.807, 2.05) is 0 Å². The number of anilines is 1. The molecule has 1 N–H and O–H groups in total. The zero-order valence-electron chi connectivity index (χ0n) is 11.1. The standard InChI is InChI=1S/C15H12Cl2FNO2/c1-9(21-12-7-10(16)6-11(17)8-12)15(20)19-14-5-3-2-4-13(14)18/h2-9H,1H3,(H,19,20)/t9-/m1/s1. The van der Waals surface area contributed by atoms with Gasteiger partial charge in [-0.15, -0.1) is 0 Å².